The Bertz CT molecular complexity index is 596. The van der Waals surface area contributed by atoms with Gasteiger partial charge in [0.05, 0.1) is 5.56 Å². The lowest BCUT2D eigenvalue weighted by molar-refractivity contribution is 0.112. The minimum absolute atomic E-state index is 0.112. The van der Waals surface area contributed by atoms with E-state index in [0.29, 0.717) is 23.2 Å². The molecule has 0 aliphatic heterocycles. The molecule has 0 N–H and O–H groups in total. The number of hydrogen-bond acceptors (Lipinski definition) is 2. The molecule has 0 aliphatic carbocycles. The number of carbonyl (C=O) groups is 1. The maximum Gasteiger partial charge on any atom is 0.168 e. The molecule has 18 heavy (non-hydrogen) atoms. The Morgan fingerprint density at radius 1 is 1.22 bits per heavy atom. The molecule has 0 fully saturated rings. The van der Waals surface area contributed by atoms with Crippen LogP contribution in [-0.2, 0) is 0 Å². The molecule has 2 aromatic rings. The van der Waals surface area contributed by atoms with Gasteiger partial charge in [-0.1, -0.05) is 28.1 Å². The number of aldehydes is 1. The standard InChI is InChI=1S/C14H10BrFO2/c1-9-3-2-4-13(14(9)16)18-12-6-5-11(15)7-10(12)8-17/h2-8H,1H3. The van der Waals surface area contributed by atoms with Crippen LogP contribution in [0.4, 0.5) is 4.39 Å². The summed E-state index contributed by atoms with van der Waals surface area (Å²) in [6.07, 6.45) is 0.674. The fourth-order valence-electron chi connectivity index (χ4n) is 1.52. The van der Waals surface area contributed by atoms with Gasteiger partial charge in [0.2, 0.25) is 0 Å². The summed E-state index contributed by atoms with van der Waals surface area (Å²) in [7, 11) is 0. The predicted molar refractivity (Wildman–Crippen MR) is 70.7 cm³/mol. The summed E-state index contributed by atoms with van der Waals surface area (Å²) in [5.41, 5.74) is 0.863. The van der Waals surface area contributed by atoms with Crippen LogP contribution in [0.2, 0.25) is 0 Å². The molecule has 0 spiro atoms. The van der Waals surface area contributed by atoms with E-state index < -0.39 is 5.82 Å². The molecule has 0 radical (unpaired) electrons. The van der Waals surface area contributed by atoms with Gasteiger partial charge in [0.1, 0.15) is 5.75 Å². The highest BCUT2D eigenvalue weighted by Crippen LogP contribution is 2.29. The van der Waals surface area contributed by atoms with Crippen LogP contribution in [0.3, 0.4) is 0 Å². The Balaban J connectivity index is 2.40. The first-order valence-corrected chi connectivity index (χ1v) is 6.09. The van der Waals surface area contributed by atoms with Gasteiger partial charge in [-0.2, -0.15) is 0 Å². The highest BCUT2D eigenvalue weighted by molar-refractivity contribution is 9.10. The van der Waals surface area contributed by atoms with Crippen molar-refractivity contribution in [3.8, 4) is 11.5 Å². The normalized spacial score (nSPS) is 10.2. The van der Waals surface area contributed by atoms with E-state index in [0.717, 1.165) is 4.47 Å². The van der Waals surface area contributed by atoms with E-state index >= 15 is 0 Å². The summed E-state index contributed by atoms with van der Waals surface area (Å²) >= 11 is 3.26. The summed E-state index contributed by atoms with van der Waals surface area (Å²) in [5, 5.41) is 0. The lowest BCUT2D eigenvalue weighted by Gasteiger charge is -2.10. The lowest BCUT2D eigenvalue weighted by atomic mass is 10.2. The van der Waals surface area contributed by atoms with Gasteiger partial charge in [0, 0.05) is 4.47 Å². The van der Waals surface area contributed by atoms with Gasteiger partial charge in [-0.3, -0.25) is 4.79 Å². The van der Waals surface area contributed by atoms with E-state index in [-0.39, 0.29) is 5.75 Å². The van der Waals surface area contributed by atoms with Crippen molar-refractivity contribution in [3.63, 3.8) is 0 Å². The average molecular weight is 309 g/mol. The fourth-order valence-corrected chi connectivity index (χ4v) is 1.90. The number of carbonyl (C=O) groups excluding carboxylic acids is 1. The summed E-state index contributed by atoms with van der Waals surface area (Å²) in [4.78, 5) is 10.9. The number of benzene rings is 2. The third kappa shape index (κ3) is 2.59. The van der Waals surface area contributed by atoms with Crippen molar-refractivity contribution in [1.82, 2.24) is 0 Å². The van der Waals surface area contributed by atoms with Crippen LogP contribution in [0.15, 0.2) is 40.9 Å². The summed E-state index contributed by atoms with van der Waals surface area (Å²) in [5.74, 6) is 0.0235. The summed E-state index contributed by atoms with van der Waals surface area (Å²) < 4.78 is 20.0. The van der Waals surface area contributed by atoms with Crippen LogP contribution in [0.1, 0.15) is 15.9 Å². The minimum Gasteiger partial charge on any atom is -0.454 e. The van der Waals surface area contributed by atoms with Crippen LogP contribution in [0, 0.1) is 12.7 Å². The molecule has 4 heteroatoms. The molecule has 2 nitrogen and oxygen atoms in total. The second-order valence-corrected chi connectivity index (χ2v) is 4.70. The molecule has 92 valence electrons. The zero-order valence-electron chi connectivity index (χ0n) is 9.61. The van der Waals surface area contributed by atoms with Crippen molar-refractivity contribution in [1.29, 1.82) is 0 Å². The van der Waals surface area contributed by atoms with Gasteiger partial charge >= 0.3 is 0 Å². The zero-order chi connectivity index (χ0) is 13.1. The predicted octanol–water partition coefficient (Wildman–Crippen LogP) is 4.50. The van der Waals surface area contributed by atoms with Gasteiger partial charge in [-0.15, -0.1) is 0 Å². The maximum absolute atomic E-state index is 13.8. The highest BCUT2D eigenvalue weighted by Gasteiger charge is 2.10. The third-order valence-corrected chi connectivity index (χ3v) is 2.97. The van der Waals surface area contributed by atoms with E-state index in [1.54, 1.807) is 37.3 Å². The molecule has 0 unspecified atom stereocenters. The van der Waals surface area contributed by atoms with Crippen molar-refractivity contribution in [2.24, 2.45) is 0 Å². The molecule has 0 aromatic heterocycles. The number of ether oxygens (including phenoxy) is 1. The van der Waals surface area contributed by atoms with Crippen molar-refractivity contribution < 1.29 is 13.9 Å². The molecular weight excluding hydrogens is 299 g/mol. The van der Waals surface area contributed by atoms with Crippen LogP contribution < -0.4 is 4.74 Å². The first-order valence-electron chi connectivity index (χ1n) is 5.29. The molecule has 0 amide bonds. The van der Waals surface area contributed by atoms with E-state index in [2.05, 4.69) is 15.9 Å². The van der Waals surface area contributed by atoms with Crippen LogP contribution in [-0.4, -0.2) is 6.29 Å². The van der Waals surface area contributed by atoms with Gasteiger partial charge in [-0.05, 0) is 36.8 Å². The summed E-state index contributed by atoms with van der Waals surface area (Å²) in [6.45, 7) is 1.66. The first-order chi connectivity index (χ1) is 8.61. The van der Waals surface area contributed by atoms with E-state index in [4.69, 9.17) is 4.74 Å². The Hall–Kier alpha value is -1.68. The lowest BCUT2D eigenvalue weighted by Crippen LogP contribution is -1.94. The average Bonchev–Trinajstić information content (AvgIpc) is 2.37. The zero-order valence-corrected chi connectivity index (χ0v) is 11.2. The number of rotatable bonds is 3. The van der Waals surface area contributed by atoms with Crippen LogP contribution in [0.5, 0.6) is 11.5 Å². The monoisotopic (exact) mass is 308 g/mol. The smallest absolute Gasteiger partial charge is 0.168 e. The van der Waals surface area contributed by atoms with Crippen molar-refractivity contribution in [2.45, 2.75) is 6.92 Å². The molecule has 2 aromatic carbocycles. The van der Waals surface area contributed by atoms with E-state index in [1.807, 2.05) is 0 Å². The molecule has 0 saturated heterocycles. The molecule has 2 rings (SSSR count). The van der Waals surface area contributed by atoms with E-state index in [9.17, 15) is 9.18 Å². The molecule has 0 saturated carbocycles. The van der Waals surface area contributed by atoms with E-state index in [1.165, 1.54) is 6.07 Å². The quantitative estimate of drug-likeness (QED) is 0.780. The number of aryl methyl sites for hydroxylation is 1. The van der Waals surface area contributed by atoms with Crippen molar-refractivity contribution in [3.05, 3.63) is 57.8 Å². The maximum atomic E-state index is 13.8. The molecule has 0 heterocycles. The van der Waals surface area contributed by atoms with Crippen molar-refractivity contribution >= 4 is 22.2 Å². The largest absolute Gasteiger partial charge is 0.454 e. The van der Waals surface area contributed by atoms with Crippen LogP contribution >= 0.6 is 15.9 Å². The van der Waals surface area contributed by atoms with Crippen molar-refractivity contribution in [2.75, 3.05) is 0 Å². The van der Waals surface area contributed by atoms with Gasteiger partial charge < -0.3 is 4.74 Å². The second-order valence-electron chi connectivity index (χ2n) is 3.79. The Labute approximate surface area is 113 Å². The Morgan fingerprint density at radius 3 is 2.72 bits per heavy atom. The highest BCUT2D eigenvalue weighted by atomic mass is 79.9. The Kier molecular flexibility index (Phi) is 3.77. The van der Waals surface area contributed by atoms with Crippen LogP contribution in [0.25, 0.3) is 0 Å². The topological polar surface area (TPSA) is 26.3 Å². The first kappa shape index (κ1) is 12.8. The van der Waals surface area contributed by atoms with Gasteiger partial charge in [0.15, 0.2) is 17.9 Å². The minimum atomic E-state index is -0.419. The summed E-state index contributed by atoms with van der Waals surface area (Å²) in [6, 6.07) is 9.86. The van der Waals surface area contributed by atoms with Gasteiger partial charge in [-0.25, -0.2) is 4.39 Å². The SMILES string of the molecule is Cc1cccc(Oc2ccc(Br)cc2C=O)c1F. The third-order valence-electron chi connectivity index (χ3n) is 2.48. The Morgan fingerprint density at radius 2 is 2.00 bits per heavy atom. The number of hydrogen-bond donors (Lipinski definition) is 0. The fraction of sp³-hybridized carbons (Fsp3) is 0.0714. The molecule has 0 bridgehead atoms. The molecular formula is C14H10BrFO2. The van der Waals surface area contributed by atoms with Gasteiger partial charge in [0.25, 0.3) is 0 Å². The molecule has 0 aliphatic rings. The molecule has 0 atom stereocenters. The second kappa shape index (κ2) is 5.31. The number of halogens is 2.